The molecule has 2 fully saturated rings. The summed E-state index contributed by atoms with van der Waals surface area (Å²) in [7, 11) is 2.18. The molecule has 4 heterocycles. The molecule has 23 heavy (non-hydrogen) atoms. The molecule has 0 amide bonds. The summed E-state index contributed by atoms with van der Waals surface area (Å²) in [4.78, 5) is 16.4. The van der Waals surface area contributed by atoms with Gasteiger partial charge in [0, 0.05) is 51.0 Å². The second kappa shape index (κ2) is 6.05. The predicted octanol–water partition coefficient (Wildman–Crippen LogP) is 0.780. The van der Waals surface area contributed by atoms with Gasteiger partial charge in [-0.2, -0.15) is 9.50 Å². The van der Waals surface area contributed by atoms with E-state index in [1.165, 1.54) is 12.8 Å². The zero-order valence-corrected chi connectivity index (χ0v) is 14.1. The van der Waals surface area contributed by atoms with Crippen LogP contribution < -0.4 is 4.90 Å². The van der Waals surface area contributed by atoms with E-state index in [1.54, 1.807) is 0 Å². The van der Waals surface area contributed by atoms with Gasteiger partial charge in [0.25, 0.3) is 5.78 Å². The summed E-state index contributed by atoms with van der Waals surface area (Å²) in [6.45, 7) is 9.45. The molecule has 2 saturated heterocycles. The van der Waals surface area contributed by atoms with E-state index in [0.29, 0.717) is 0 Å². The Morgan fingerprint density at radius 2 is 1.74 bits per heavy atom. The summed E-state index contributed by atoms with van der Waals surface area (Å²) in [6, 6.07) is 2.13. The van der Waals surface area contributed by atoms with Gasteiger partial charge in [0.2, 0.25) is 0 Å². The first-order valence-corrected chi connectivity index (χ1v) is 8.58. The van der Waals surface area contributed by atoms with Crippen LogP contribution in [0.2, 0.25) is 0 Å². The molecule has 2 aromatic rings. The first kappa shape index (κ1) is 14.8. The van der Waals surface area contributed by atoms with E-state index in [2.05, 4.69) is 37.8 Å². The molecule has 0 atom stereocenters. The van der Waals surface area contributed by atoms with E-state index < -0.39 is 0 Å². The van der Waals surface area contributed by atoms with Crippen LogP contribution in [0.15, 0.2) is 6.07 Å². The maximum absolute atomic E-state index is 4.76. The molecule has 0 aliphatic carbocycles. The van der Waals surface area contributed by atoms with Crippen molar-refractivity contribution in [2.75, 3.05) is 51.2 Å². The normalized spacial score (nSPS) is 20.7. The van der Waals surface area contributed by atoms with Gasteiger partial charge in [-0.05, 0) is 26.8 Å². The summed E-state index contributed by atoms with van der Waals surface area (Å²) >= 11 is 0. The Balaban J connectivity index is 1.60. The van der Waals surface area contributed by atoms with Gasteiger partial charge in [0.05, 0.1) is 6.54 Å². The molecule has 0 aromatic carbocycles. The van der Waals surface area contributed by atoms with Gasteiger partial charge in [-0.3, -0.25) is 4.90 Å². The third-order valence-corrected chi connectivity index (χ3v) is 4.86. The number of aromatic nitrogens is 4. The van der Waals surface area contributed by atoms with E-state index in [1.807, 2.05) is 11.4 Å². The first-order chi connectivity index (χ1) is 11.2. The number of hydrogen-bond donors (Lipinski definition) is 0. The van der Waals surface area contributed by atoms with Crippen LogP contribution >= 0.6 is 0 Å². The summed E-state index contributed by atoms with van der Waals surface area (Å²) in [5.41, 5.74) is 1.01. The summed E-state index contributed by atoms with van der Waals surface area (Å²) in [5, 5.41) is 4.76. The van der Waals surface area contributed by atoms with Crippen molar-refractivity contribution in [2.45, 2.75) is 26.3 Å². The fraction of sp³-hybridized carbons (Fsp3) is 0.688. The summed E-state index contributed by atoms with van der Waals surface area (Å²) < 4.78 is 1.93. The van der Waals surface area contributed by atoms with Gasteiger partial charge in [-0.25, -0.2) is 4.98 Å². The van der Waals surface area contributed by atoms with Gasteiger partial charge >= 0.3 is 0 Å². The number of nitrogens with zero attached hydrogens (tertiary/aromatic N) is 7. The smallest absolute Gasteiger partial charge is 0.254 e. The average molecular weight is 315 g/mol. The average Bonchev–Trinajstić information content (AvgIpc) is 3.18. The highest BCUT2D eigenvalue weighted by Crippen LogP contribution is 2.21. The lowest BCUT2D eigenvalue weighted by Crippen LogP contribution is -2.44. The van der Waals surface area contributed by atoms with E-state index in [4.69, 9.17) is 5.10 Å². The SMILES string of the molecule is Cc1cc(N2CCCC2)n2nc(CN3CCN(C)CC3)nc2n1. The van der Waals surface area contributed by atoms with Crippen LogP contribution in [0.4, 0.5) is 5.82 Å². The van der Waals surface area contributed by atoms with Crippen molar-refractivity contribution in [2.24, 2.45) is 0 Å². The summed E-state index contributed by atoms with van der Waals surface area (Å²) in [5.74, 6) is 2.76. The Kier molecular flexibility index (Phi) is 3.90. The second-order valence-corrected chi connectivity index (χ2v) is 6.77. The van der Waals surface area contributed by atoms with E-state index in [9.17, 15) is 0 Å². The van der Waals surface area contributed by atoms with E-state index in [-0.39, 0.29) is 0 Å². The Morgan fingerprint density at radius 3 is 2.48 bits per heavy atom. The molecule has 0 unspecified atom stereocenters. The molecule has 2 aliphatic rings. The number of hydrogen-bond acceptors (Lipinski definition) is 6. The van der Waals surface area contributed by atoms with Crippen molar-refractivity contribution in [3.05, 3.63) is 17.6 Å². The minimum atomic E-state index is 0.732. The molecule has 4 rings (SSSR count). The van der Waals surface area contributed by atoms with Crippen molar-refractivity contribution < 1.29 is 0 Å². The lowest BCUT2D eigenvalue weighted by Gasteiger charge is -2.31. The monoisotopic (exact) mass is 315 g/mol. The molecule has 2 aromatic heterocycles. The topological polar surface area (TPSA) is 52.8 Å². The van der Waals surface area contributed by atoms with Crippen molar-refractivity contribution in [1.29, 1.82) is 0 Å². The number of fused-ring (bicyclic) bond motifs is 1. The molecular formula is C16H25N7. The van der Waals surface area contributed by atoms with Crippen LogP contribution in [0, 0.1) is 6.92 Å². The molecule has 0 bridgehead atoms. The molecule has 124 valence electrons. The quantitative estimate of drug-likeness (QED) is 0.834. The molecule has 0 radical (unpaired) electrons. The Morgan fingerprint density at radius 1 is 1.00 bits per heavy atom. The molecule has 2 aliphatic heterocycles. The number of piperazine rings is 1. The maximum Gasteiger partial charge on any atom is 0.254 e. The van der Waals surface area contributed by atoms with Crippen molar-refractivity contribution in [1.82, 2.24) is 29.4 Å². The summed E-state index contributed by atoms with van der Waals surface area (Å²) in [6.07, 6.45) is 2.51. The van der Waals surface area contributed by atoms with Crippen LogP contribution in [0.25, 0.3) is 5.78 Å². The fourth-order valence-corrected chi connectivity index (χ4v) is 3.45. The molecule has 7 nitrogen and oxygen atoms in total. The molecule has 0 saturated carbocycles. The zero-order valence-electron chi connectivity index (χ0n) is 14.1. The number of aryl methyl sites for hydroxylation is 1. The molecular weight excluding hydrogens is 290 g/mol. The van der Waals surface area contributed by atoms with Crippen LogP contribution in [-0.2, 0) is 6.54 Å². The minimum absolute atomic E-state index is 0.732. The highest BCUT2D eigenvalue weighted by atomic mass is 15.4. The Labute approximate surface area is 136 Å². The van der Waals surface area contributed by atoms with E-state index >= 15 is 0 Å². The predicted molar refractivity (Wildman–Crippen MR) is 89.7 cm³/mol. The Bertz CT molecular complexity index is 681. The minimum Gasteiger partial charge on any atom is -0.356 e. The van der Waals surface area contributed by atoms with Crippen LogP contribution in [0.5, 0.6) is 0 Å². The highest BCUT2D eigenvalue weighted by Gasteiger charge is 2.20. The number of rotatable bonds is 3. The standard InChI is InChI=1S/C16H25N7/c1-13-11-15(22-5-3-4-6-22)23-16(17-13)18-14(19-23)12-21-9-7-20(2)8-10-21/h11H,3-10,12H2,1-2H3. The molecule has 7 heteroatoms. The van der Waals surface area contributed by atoms with Crippen molar-refractivity contribution in [3.8, 4) is 0 Å². The largest absolute Gasteiger partial charge is 0.356 e. The van der Waals surface area contributed by atoms with E-state index in [0.717, 1.165) is 68.9 Å². The van der Waals surface area contributed by atoms with Crippen molar-refractivity contribution >= 4 is 11.6 Å². The Hall–Kier alpha value is -1.73. The highest BCUT2D eigenvalue weighted by molar-refractivity contribution is 5.48. The van der Waals surface area contributed by atoms with Gasteiger partial charge in [-0.1, -0.05) is 0 Å². The molecule has 0 spiro atoms. The van der Waals surface area contributed by atoms with Crippen LogP contribution in [0.1, 0.15) is 24.4 Å². The number of likely N-dealkylation sites (N-methyl/N-ethyl adjacent to an activating group) is 1. The zero-order chi connectivity index (χ0) is 15.8. The third kappa shape index (κ3) is 3.03. The molecule has 0 N–H and O–H groups in total. The lowest BCUT2D eigenvalue weighted by molar-refractivity contribution is 0.145. The third-order valence-electron chi connectivity index (χ3n) is 4.86. The van der Waals surface area contributed by atoms with Gasteiger partial charge in [0.1, 0.15) is 5.82 Å². The first-order valence-electron chi connectivity index (χ1n) is 8.58. The van der Waals surface area contributed by atoms with Crippen molar-refractivity contribution in [3.63, 3.8) is 0 Å². The lowest BCUT2D eigenvalue weighted by atomic mass is 10.3. The van der Waals surface area contributed by atoms with Crippen LogP contribution in [0.3, 0.4) is 0 Å². The van der Waals surface area contributed by atoms with Crippen LogP contribution in [-0.4, -0.2) is 75.7 Å². The maximum atomic E-state index is 4.76. The van der Waals surface area contributed by atoms with Gasteiger partial charge in [-0.15, -0.1) is 5.10 Å². The van der Waals surface area contributed by atoms with Gasteiger partial charge in [0.15, 0.2) is 5.82 Å². The van der Waals surface area contributed by atoms with Gasteiger partial charge < -0.3 is 9.80 Å². The fourth-order valence-electron chi connectivity index (χ4n) is 3.45. The number of anilines is 1. The second-order valence-electron chi connectivity index (χ2n) is 6.77.